The van der Waals surface area contributed by atoms with E-state index in [1.807, 2.05) is 11.8 Å². The molecule has 0 saturated carbocycles. The van der Waals surface area contributed by atoms with Crippen molar-refractivity contribution in [3.63, 3.8) is 0 Å². The molecule has 1 amide bonds. The third-order valence-corrected chi connectivity index (χ3v) is 5.09. The topological polar surface area (TPSA) is 49.3 Å². The second-order valence-electron chi connectivity index (χ2n) is 6.88. The molecule has 26 heavy (non-hydrogen) atoms. The number of carbonyl (C=O) groups excluding carboxylic acids is 1. The van der Waals surface area contributed by atoms with Gasteiger partial charge in [-0.1, -0.05) is 29.8 Å². The van der Waals surface area contributed by atoms with Crippen LogP contribution in [0.2, 0.25) is 0 Å². The van der Waals surface area contributed by atoms with E-state index in [9.17, 15) is 4.79 Å². The molecule has 6 heteroatoms. The molecule has 2 heterocycles. The van der Waals surface area contributed by atoms with Crippen LogP contribution in [0.3, 0.4) is 0 Å². The van der Waals surface area contributed by atoms with E-state index in [4.69, 9.17) is 16.6 Å². The van der Waals surface area contributed by atoms with Crippen LogP contribution in [0.15, 0.2) is 24.3 Å². The number of halogens is 1. The Balaban J connectivity index is 1.84. The third-order valence-electron chi connectivity index (χ3n) is 4.90. The number of rotatable bonds is 3. The van der Waals surface area contributed by atoms with Crippen LogP contribution >= 0.6 is 11.6 Å². The van der Waals surface area contributed by atoms with E-state index >= 15 is 0 Å². The lowest BCUT2D eigenvalue weighted by atomic mass is 10.1. The van der Waals surface area contributed by atoms with E-state index in [1.54, 1.807) is 6.92 Å². The number of benzene rings is 1. The molecule has 1 aromatic carbocycles. The fourth-order valence-corrected chi connectivity index (χ4v) is 3.28. The summed E-state index contributed by atoms with van der Waals surface area (Å²) in [4.78, 5) is 25.7. The number of amides is 1. The van der Waals surface area contributed by atoms with Crippen molar-refractivity contribution < 1.29 is 4.79 Å². The van der Waals surface area contributed by atoms with Crippen molar-refractivity contribution in [2.45, 2.75) is 33.1 Å². The summed E-state index contributed by atoms with van der Waals surface area (Å²) in [5, 5.41) is -0.474. The molecule has 2 aromatic rings. The van der Waals surface area contributed by atoms with E-state index in [-0.39, 0.29) is 5.91 Å². The number of hydrogen-bond acceptors (Lipinski definition) is 4. The predicted molar refractivity (Wildman–Crippen MR) is 106 cm³/mol. The molecular formula is C20H25ClN4O. The SMILES string of the molecule is Cc1ccc(-c2nc(C)c(C)c(N3CCN(C(=O)[C@@H](C)Cl)CC3)n2)cc1. The first kappa shape index (κ1) is 18.6. The zero-order chi connectivity index (χ0) is 18.8. The van der Waals surface area contributed by atoms with E-state index in [1.165, 1.54) is 5.56 Å². The van der Waals surface area contributed by atoms with Crippen molar-refractivity contribution in [3.05, 3.63) is 41.1 Å². The van der Waals surface area contributed by atoms with Crippen LogP contribution in [0.5, 0.6) is 0 Å². The molecular weight excluding hydrogens is 348 g/mol. The standard InChI is InChI=1S/C20H25ClN4O/c1-13-5-7-17(8-6-13)18-22-16(4)14(2)19(23-18)24-9-11-25(12-10-24)20(26)15(3)21/h5-8,15H,9-12H2,1-4H3/t15-/m1/s1. The minimum Gasteiger partial charge on any atom is -0.353 e. The van der Waals surface area contributed by atoms with Gasteiger partial charge in [0.2, 0.25) is 5.91 Å². The van der Waals surface area contributed by atoms with Crippen LogP contribution in [0.25, 0.3) is 11.4 Å². The van der Waals surface area contributed by atoms with Crippen molar-refractivity contribution in [3.8, 4) is 11.4 Å². The van der Waals surface area contributed by atoms with Gasteiger partial charge in [-0.15, -0.1) is 11.6 Å². The number of aromatic nitrogens is 2. The number of alkyl halides is 1. The summed E-state index contributed by atoms with van der Waals surface area (Å²) in [6, 6.07) is 8.26. The molecule has 1 aliphatic heterocycles. The zero-order valence-corrected chi connectivity index (χ0v) is 16.5. The summed E-state index contributed by atoms with van der Waals surface area (Å²) in [7, 11) is 0. The summed E-state index contributed by atoms with van der Waals surface area (Å²) in [6.07, 6.45) is 0. The Kier molecular flexibility index (Phi) is 5.47. The highest BCUT2D eigenvalue weighted by atomic mass is 35.5. The number of aryl methyl sites for hydroxylation is 2. The maximum atomic E-state index is 12.1. The van der Waals surface area contributed by atoms with Crippen molar-refractivity contribution in [2.24, 2.45) is 0 Å². The Morgan fingerprint density at radius 3 is 2.23 bits per heavy atom. The summed E-state index contributed by atoms with van der Waals surface area (Å²) in [6.45, 7) is 10.7. The molecule has 3 rings (SSSR count). The molecule has 1 aliphatic rings. The quantitative estimate of drug-likeness (QED) is 0.775. The average Bonchev–Trinajstić information content (AvgIpc) is 2.64. The Morgan fingerprint density at radius 2 is 1.65 bits per heavy atom. The second kappa shape index (κ2) is 7.62. The molecule has 1 aromatic heterocycles. The number of nitrogens with zero attached hydrogens (tertiary/aromatic N) is 4. The molecule has 0 N–H and O–H groups in total. The number of anilines is 1. The van der Waals surface area contributed by atoms with Crippen LogP contribution in [0.1, 0.15) is 23.7 Å². The fraction of sp³-hybridized carbons (Fsp3) is 0.450. The van der Waals surface area contributed by atoms with Gasteiger partial charge in [-0.25, -0.2) is 9.97 Å². The number of hydrogen-bond donors (Lipinski definition) is 0. The monoisotopic (exact) mass is 372 g/mol. The van der Waals surface area contributed by atoms with Crippen molar-refractivity contribution in [1.29, 1.82) is 0 Å². The molecule has 0 unspecified atom stereocenters. The van der Waals surface area contributed by atoms with Crippen molar-refractivity contribution >= 4 is 23.3 Å². The number of carbonyl (C=O) groups is 1. The average molecular weight is 373 g/mol. The summed E-state index contributed by atoms with van der Waals surface area (Å²) >= 11 is 5.94. The largest absolute Gasteiger partial charge is 0.353 e. The molecule has 138 valence electrons. The lowest BCUT2D eigenvalue weighted by molar-refractivity contribution is -0.130. The lowest BCUT2D eigenvalue weighted by Crippen LogP contribution is -2.50. The lowest BCUT2D eigenvalue weighted by Gasteiger charge is -2.36. The van der Waals surface area contributed by atoms with Gasteiger partial charge in [0.1, 0.15) is 11.2 Å². The highest BCUT2D eigenvalue weighted by Crippen LogP contribution is 2.25. The maximum absolute atomic E-state index is 12.1. The predicted octanol–water partition coefficient (Wildman–Crippen LogP) is 3.34. The highest BCUT2D eigenvalue weighted by Gasteiger charge is 2.25. The molecule has 0 radical (unpaired) electrons. The normalized spacial score (nSPS) is 15.9. The fourth-order valence-electron chi connectivity index (χ4n) is 3.14. The van der Waals surface area contributed by atoms with Crippen molar-refractivity contribution in [2.75, 3.05) is 31.1 Å². The minimum atomic E-state index is -0.474. The Labute approximate surface area is 160 Å². The van der Waals surface area contributed by atoms with E-state index in [2.05, 4.69) is 48.0 Å². The molecule has 0 spiro atoms. The van der Waals surface area contributed by atoms with Gasteiger partial charge in [-0.2, -0.15) is 0 Å². The number of piperazine rings is 1. The Hall–Kier alpha value is -2.14. The van der Waals surface area contributed by atoms with Crippen molar-refractivity contribution in [1.82, 2.24) is 14.9 Å². The van der Waals surface area contributed by atoms with Gasteiger partial charge in [0, 0.05) is 43.0 Å². The molecule has 0 aliphatic carbocycles. The van der Waals surface area contributed by atoms with Gasteiger partial charge in [-0.3, -0.25) is 4.79 Å². The Bertz CT molecular complexity index is 796. The maximum Gasteiger partial charge on any atom is 0.240 e. The third kappa shape index (κ3) is 3.83. The molecule has 0 bridgehead atoms. The summed E-state index contributed by atoms with van der Waals surface area (Å²) < 4.78 is 0. The van der Waals surface area contributed by atoms with E-state index in [0.29, 0.717) is 13.1 Å². The van der Waals surface area contributed by atoms with Crippen LogP contribution in [-0.2, 0) is 4.79 Å². The van der Waals surface area contributed by atoms with Crippen LogP contribution in [0, 0.1) is 20.8 Å². The van der Waals surface area contributed by atoms with Crippen LogP contribution in [-0.4, -0.2) is 52.3 Å². The van der Waals surface area contributed by atoms with Gasteiger partial charge in [0.15, 0.2) is 5.82 Å². The second-order valence-corrected chi connectivity index (χ2v) is 7.53. The van der Waals surface area contributed by atoms with Gasteiger partial charge < -0.3 is 9.80 Å². The smallest absolute Gasteiger partial charge is 0.240 e. The van der Waals surface area contributed by atoms with E-state index in [0.717, 1.165) is 41.6 Å². The van der Waals surface area contributed by atoms with E-state index < -0.39 is 5.38 Å². The minimum absolute atomic E-state index is 0.00208. The molecule has 5 nitrogen and oxygen atoms in total. The van der Waals surface area contributed by atoms with Gasteiger partial charge in [0.05, 0.1) is 0 Å². The zero-order valence-electron chi connectivity index (χ0n) is 15.8. The highest BCUT2D eigenvalue weighted by molar-refractivity contribution is 6.30. The molecule has 1 atom stereocenters. The first-order valence-electron chi connectivity index (χ1n) is 8.97. The molecule has 1 saturated heterocycles. The van der Waals surface area contributed by atoms with Gasteiger partial charge in [0.25, 0.3) is 0 Å². The summed E-state index contributed by atoms with van der Waals surface area (Å²) in [5.74, 6) is 1.71. The van der Waals surface area contributed by atoms with Crippen LogP contribution in [0.4, 0.5) is 5.82 Å². The molecule has 1 fully saturated rings. The van der Waals surface area contributed by atoms with Gasteiger partial charge >= 0.3 is 0 Å². The van der Waals surface area contributed by atoms with Gasteiger partial charge in [-0.05, 0) is 27.7 Å². The summed E-state index contributed by atoms with van der Waals surface area (Å²) in [5.41, 5.74) is 4.31. The first-order chi connectivity index (χ1) is 12.4. The first-order valence-corrected chi connectivity index (χ1v) is 9.40. The van der Waals surface area contributed by atoms with Crippen LogP contribution < -0.4 is 4.90 Å². The Morgan fingerprint density at radius 1 is 1.04 bits per heavy atom.